The van der Waals surface area contributed by atoms with Crippen molar-refractivity contribution < 1.29 is 8.42 Å². The maximum atomic E-state index is 12.7. The third kappa shape index (κ3) is 3.84. The molecule has 1 aromatic heterocycles. The molecule has 4 nitrogen and oxygen atoms in total. The zero-order chi connectivity index (χ0) is 14.8. The van der Waals surface area contributed by atoms with E-state index in [9.17, 15) is 8.42 Å². The summed E-state index contributed by atoms with van der Waals surface area (Å²) in [5.41, 5.74) is 0. The second-order valence-corrected chi connectivity index (χ2v) is 10.4. The Labute approximate surface area is 141 Å². The molecule has 1 atom stereocenters. The van der Waals surface area contributed by atoms with E-state index in [4.69, 9.17) is 0 Å². The van der Waals surface area contributed by atoms with Crippen LogP contribution in [0, 0.1) is 0 Å². The van der Waals surface area contributed by atoms with Crippen LogP contribution in [-0.4, -0.2) is 38.4 Å². The van der Waals surface area contributed by atoms with Crippen LogP contribution in [0.15, 0.2) is 18.5 Å². The minimum Gasteiger partial charge on any atom is -0.313 e. The molecule has 0 saturated carbocycles. The van der Waals surface area contributed by atoms with Crippen LogP contribution in [0.4, 0.5) is 0 Å². The minimum atomic E-state index is -3.43. The van der Waals surface area contributed by atoms with Crippen molar-refractivity contribution in [1.82, 2.24) is 9.62 Å². The molecular formula is C12H18Br2N2O2S2. The lowest BCUT2D eigenvalue weighted by Crippen LogP contribution is -2.45. The zero-order valence-corrected chi connectivity index (χ0v) is 16.0. The van der Waals surface area contributed by atoms with E-state index in [1.54, 1.807) is 10.4 Å². The molecule has 2 heterocycles. The molecule has 1 aromatic rings. The summed E-state index contributed by atoms with van der Waals surface area (Å²) in [4.78, 5) is 0.354. The van der Waals surface area contributed by atoms with Gasteiger partial charge in [-0.1, -0.05) is 13.3 Å². The molecule has 114 valence electrons. The Morgan fingerprint density at radius 3 is 2.70 bits per heavy atom. The van der Waals surface area contributed by atoms with Crippen molar-refractivity contribution in [3.05, 3.63) is 13.6 Å². The average Bonchev–Trinajstić information content (AvgIpc) is 2.76. The van der Waals surface area contributed by atoms with Crippen molar-refractivity contribution in [2.45, 2.75) is 37.1 Å². The molecule has 0 radical (unpaired) electrons. The van der Waals surface area contributed by atoms with Gasteiger partial charge in [0.2, 0.25) is 10.0 Å². The Bertz CT molecular complexity index is 554. The van der Waals surface area contributed by atoms with Gasteiger partial charge < -0.3 is 5.32 Å². The summed E-state index contributed by atoms with van der Waals surface area (Å²) in [7, 11) is -3.43. The maximum absolute atomic E-state index is 12.7. The van der Waals surface area contributed by atoms with Gasteiger partial charge in [-0.15, -0.1) is 11.3 Å². The van der Waals surface area contributed by atoms with E-state index >= 15 is 0 Å². The summed E-state index contributed by atoms with van der Waals surface area (Å²) in [5.74, 6) is 0. The van der Waals surface area contributed by atoms with Gasteiger partial charge in [0, 0.05) is 19.1 Å². The van der Waals surface area contributed by atoms with E-state index < -0.39 is 10.0 Å². The number of rotatable bonds is 5. The Kier molecular flexibility index (Phi) is 6.08. The number of hydrogen-bond acceptors (Lipinski definition) is 4. The van der Waals surface area contributed by atoms with Gasteiger partial charge in [-0.05, 0) is 57.3 Å². The molecule has 20 heavy (non-hydrogen) atoms. The van der Waals surface area contributed by atoms with Crippen LogP contribution < -0.4 is 5.32 Å². The summed E-state index contributed by atoms with van der Waals surface area (Å²) in [6.45, 7) is 3.89. The molecule has 1 aliphatic rings. The summed E-state index contributed by atoms with van der Waals surface area (Å²) in [6.07, 6.45) is 3.39. The first-order chi connectivity index (χ1) is 9.45. The molecule has 0 amide bonds. The fourth-order valence-corrected chi connectivity index (χ4v) is 7.62. The number of likely N-dealkylation sites (N-methyl/N-ethyl adjacent to an activating group) is 1. The number of halogens is 2. The van der Waals surface area contributed by atoms with E-state index in [0.717, 1.165) is 16.8 Å². The van der Waals surface area contributed by atoms with Gasteiger partial charge in [0.15, 0.2) is 0 Å². The van der Waals surface area contributed by atoms with Crippen molar-refractivity contribution in [3.63, 3.8) is 0 Å². The lowest BCUT2D eigenvalue weighted by molar-refractivity contribution is 0.319. The molecule has 0 spiro atoms. The maximum Gasteiger partial charge on any atom is 0.245 e. The van der Waals surface area contributed by atoms with Crippen LogP contribution in [0.5, 0.6) is 0 Å². The first-order valence-electron chi connectivity index (χ1n) is 6.63. The Hall–Kier alpha value is 0.530. The number of piperidine rings is 1. The standard InChI is InChI=1S/C12H18Br2N2O2S2/c1-2-16(8-9-5-3-4-6-15-9)20(17,18)10-7-11(13)19-12(10)14/h7,9,15H,2-6,8H2,1H3. The zero-order valence-electron chi connectivity index (χ0n) is 11.2. The molecule has 2 rings (SSSR count). The van der Waals surface area contributed by atoms with E-state index in [-0.39, 0.29) is 6.04 Å². The molecule has 0 aliphatic carbocycles. The molecule has 0 aromatic carbocycles. The third-order valence-electron chi connectivity index (χ3n) is 3.43. The molecule has 1 saturated heterocycles. The van der Waals surface area contributed by atoms with E-state index in [0.29, 0.717) is 21.8 Å². The van der Waals surface area contributed by atoms with Gasteiger partial charge in [-0.25, -0.2) is 8.42 Å². The molecule has 0 bridgehead atoms. The van der Waals surface area contributed by atoms with Crippen LogP contribution in [0.25, 0.3) is 0 Å². The third-order valence-corrected chi connectivity index (χ3v) is 8.13. The lowest BCUT2D eigenvalue weighted by atomic mass is 10.1. The summed E-state index contributed by atoms with van der Waals surface area (Å²) >= 11 is 8.06. The highest BCUT2D eigenvalue weighted by Gasteiger charge is 2.29. The smallest absolute Gasteiger partial charge is 0.245 e. The largest absolute Gasteiger partial charge is 0.313 e. The Morgan fingerprint density at radius 1 is 1.45 bits per heavy atom. The summed E-state index contributed by atoms with van der Waals surface area (Å²) < 4.78 is 28.5. The highest BCUT2D eigenvalue weighted by atomic mass is 79.9. The predicted octanol–water partition coefficient (Wildman–Crippen LogP) is 3.43. The fourth-order valence-electron chi connectivity index (χ4n) is 2.36. The van der Waals surface area contributed by atoms with Gasteiger partial charge in [-0.3, -0.25) is 0 Å². The van der Waals surface area contributed by atoms with E-state index in [2.05, 4.69) is 37.2 Å². The van der Waals surface area contributed by atoms with Crippen LogP contribution in [0.1, 0.15) is 26.2 Å². The molecule has 1 unspecified atom stereocenters. The van der Waals surface area contributed by atoms with Crippen molar-refractivity contribution in [3.8, 4) is 0 Å². The van der Waals surface area contributed by atoms with Crippen molar-refractivity contribution in [2.24, 2.45) is 0 Å². The number of hydrogen-bond donors (Lipinski definition) is 1. The van der Waals surface area contributed by atoms with Crippen LogP contribution in [-0.2, 0) is 10.0 Å². The Balaban J connectivity index is 2.18. The van der Waals surface area contributed by atoms with Crippen molar-refractivity contribution >= 4 is 53.2 Å². The SMILES string of the molecule is CCN(CC1CCCCN1)S(=O)(=O)c1cc(Br)sc1Br. The second kappa shape index (κ2) is 7.19. The summed E-state index contributed by atoms with van der Waals surface area (Å²) in [5, 5.41) is 3.40. The highest BCUT2D eigenvalue weighted by Crippen LogP contribution is 2.36. The van der Waals surface area contributed by atoms with Crippen LogP contribution in [0.2, 0.25) is 0 Å². The Morgan fingerprint density at radius 2 is 2.20 bits per heavy atom. The number of sulfonamides is 1. The normalized spacial score (nSPS) is 20.5. The van der Waals surface area contributed by atoms with Gasteiger partial charge in [0.05, 0.1) is 7.57 Å². The lowest BCUT2D eigenvalue weighted by Gasteiger charge is -2.29. The predicted molar refractivity (Wildman–Crippen MR) is 89.8 cm³/mol. The highest BCUT2D eigenvalue weighted by molar-refractivity contribution is 9.12. The van der Waals surface area contributed by atoms with Crippen LogP contribution in [0.3, 0.4) is 0 Å². The molecule has 1 aliphatic heterocycles. The quantitative estimate of drug-likeness (QED) is 0.755. The van der Waals surface area contributed by atoms with Crippen molar-refractivity contribution in [2.75, 3.05) is 19.6 Å². The second-order valence-electron chi connectivity index (χ2n) is 4.79. The van der Waals surface area contributed by atoms with E-state index in [1.165, 1.54) is 24.2 Å². The molecule has 8 heteroatoms. The van der Waals surface area contributed by atoms with Crippen LogP contribution >= 0.6 is 43.2 Å². The van der Waals surface area contributed by atoms with Crippen molar-refractivity contribution in [1.29, 1.82) is 0 Å². The fraction of sp³-hybridized carbons (Fsp3) is 0.667. The average molecular weight is 446 g/mol. The van der Waals surface area contributed by atoms with Gasteiger partial charge in [0.25, 0.3) is 0 Å². The van der Waals surface area contributed by atoms with Gasteiger partial charge in [-0.2, -0.15) is 4.31 Å². The van der Waals surface area contributed by atoms with E-state index in [1.807, 2.05) is 6.92 Å². The van der Waals surface area contributed by atoms with Gasteiger partial charge >= 0.3 is 0 Å². The first kappa shape index (κ1) is 16.9. The molecule has 1 fully saturated rings. The van der Waals surface area contributed by atoms with Gasteiger partial charge in [0.1, 0.15) is 4.90 Å². The number of nitrogens with one attached hydrogen (secondary N) is 1. The number of thiophene rings is 1. The first-order valence-corrected chi connectivity index (χ1v) is 10.5. The minimum absolute atomic E-state index is 0.263. The topological polar surface area (TPSA) is 49.4 Å². The number of nitrogens with zero attached hydrogens (tertiary/aromatic N) is 1. The summed E-state index contributed by atoms with van der Waals surface area (Å²) in [6, 6.07) is 1.93. The monoisotopic (exact) mass is 444 g/mol. The molecule has 1 N–H and O–H groups in total. The molecular weight excluding hydrogens is 428 g/mol.